The molecule has 2 N–H and O–H groups in total. The molecule has 3 aromatic rings. The molecule has 0 fully saturated rings. The lowest BCUT2D eigenvalue weighted by Crippen LogP contribution is -2.20. The van der Waals surface area contributed by atoms with Gasteiger partial charge in [0, 0.05) is 16.7 Å². The van der Waals surface area contributed by atoms with Gasteiger partial charge in [-0.25, -0.2) is 0 Å². The molecule has 0 saturated heterocycles. The van der Waals surface area contributed by atoms with Crippen LogP contribution in [-0.2, 0) is 0 Å². The van der Waals surface area contributed by atoms with Gasteiger partial charge in [-0.15, -0.1) is 11.3 Å². The number of ketones is 1. The molecule has 0 aliphatic carbocycles. The minimum absolute atomic E-state index is 0.121. The van der Waals surface area contributed by atoms with E-state index in [1.807, 2.05) is 0 Å². The van der Waals surface area contributed by atoms with Crippen molar-refractivity contribution in [2.45, 2.75) is 0 Å². The van der Waals surface area contributed by atoms with Gasteiger partial charge in [-0.2, -0.15) is 0 Å². The maximum absolute atomic E-state index is 12.3. The highest BCUT2D eigenvalue weighted by Gasteiger charge is 2.10. The summed E-state index contributed by atoms with van der Waals surface area (Å²) in [6.45, 7) is 0. The monoisotopic (exact) mass is 417 g/mol. The lowest BCUT2D eigenvalue weighted by atomic mass is 10.1. The third kappa shape index (κ3) is 4.27. The fraction of sp³-hybridized carbons (Fsp3) is 0.100. The number of thiazole rings is 1. The summed E-state index contributed by atoms with van der Waals surface area (Å²) >= 11 is 6.97. The fourth-order valence-electron chi connectivity index (χ4n) is 2.49. The number of benzene rings is 2. The van der Waals surface area contributed by atoms with Gasteiger partial charge >= 0.3 is 0 Å². The number of aromatic amines is 1. The van der Waals surface area contributed by atoms with Crippen LogP contribution in [-0.4, -0.2) is 30.1 Å². The van der Waals surface area contributed by atoms with Gasteiger partial charge in [0.2, 0.25) is 5.75 Å². The van der Waals surface area contributed by atoms with E-state index in [1.165, 1.54) is 20.3 Å². The van der Waals surface area contributed by atoms with Crippen LogP contribution in [0.1, 0.15) is 15.9 Å². The van der Waals surface area contributed by atoms with E-state index in [2.05, 4.69) is 4.98 Å². The van der Waals surface area contributed by atoms with Crippen molar-refractivity contribution in [3.8, 4) is 17.2 Å². The van der Waals surface area contributed by atoms with E-state index >= 15 is 0 Å². The van der Waals surface area contributed by atoms with Crippen LogP contribution in [0, 0.1) is 0 Å². The number of nitrogens with one attached hydrogen (secondary N) is 1. The summed E-state index contributed by atoms with van der Waals surface area (Å²) in [5, 5.41) is 10.5. The predicted octanol–water partition coefficient (Wildman–Crippen LogP) is 2.30. The minimum atomic E-state index is -0.328. The fourth-order valence-corrected chi connectivity index (χ4v) is 3.50. The van der Waals surface area contributed by atoms with Crippen molar-refractivity contribution in [2.24, 2.45) is 0 Å². The second-order valence-corrected chi connectivity index (χ2v) is 7.24. The number of hydrogen-bond acceptors (Lipinski definition) is 6. The third-order valence-corrected chi connectivity index (χ3v) is 5.09. The smallest absolute Gasteiger partial charge is 0.266 e. The Hall–Kier alpha value is -3.03. The number of carbonyl (C=O) groups excluding carboxylic acids is 1. The standard InChI is InChI=1S/C20H16ClNO5S/c1-26-15-7-11(8-16(27-2)19(15)24)9-17-20(25)22-18(28-17)10-14(23)12-3-5-13(21)6-4-12/h3-10,24H,1-2H3,(H,22,25)/b17-9-,18-10-. The number of Topliss-reactive ketones (excluding diaryl/α,β-unsaturated/α-hetero) is 1. The highest BCUT2D eigenvalue weighted by Crippen LogP contribution is 2.37. The van der Waals surface area contributed by atoms with Gasteiger partial charge in [-0.3, -0.25) is 9.59 Å². The van der Waals surface area contributed by atoms with Crippen molar-refractivity contribution in [1.82, 2.24) is 4.98 Å². The van der Waals surface area contributed by atoms with Crippen molar-refractivity contribution in [2.75, 3.05) is 14.2 Å². The third-order valence-electron chi connectivity index (χ3n) is 3.87. The minimum Gasteiger partial charge on any atom is -0.502 e. The molecule has 3 rings (SSSR count). The Morgan fingerprint density at radius 1 is 1.14 bits per heavy atom. The molecule has 0 aliphatic heterocycles. The first-order chi connectivity index (χ1) is 13.4. The van der Waals surface area contributed by atoms with Gasteiger partial charge < -0.3 is 19.6 Å². The first-order valence-corrected chi connectivity index (χ1v) is 9.28. The number of hydrogen-bond donors (Lipinski definition) is 2. The van der Waals surface area contributed by atoms with Crippen LogP contribution in [0.2, 0.25) is 5.02 Å². The van der Waals surface area contributed by atoms with Crippen LogP contribution in [0.3, 0.4) is 0 Å². The number of H-pyrrole nitrogens is 1. The number of halogens is 1. The summed E-state index contributed by atoms with van der Waals surface area (Å²) in [6.07, 6.45) is 2.99. The van der Waals surface area contributed by atoms with Crippen molar-refractivity contribution in [3.63, 3.8) is 0 Å². The summed E-state index contributed by atoms with van der Waals surface area (Å²) in [7, 11) is 2.84. The zero-order chi connectivity index (χ0) is 20.3. The number of phenols is 1. The molecular weight excluding hydrogens is 402 g/mol. The molecule has 0 radical (unpaired) electrons. The van der Waals surface area contributed by atoms with E-state index in [-0.39, 0.29) is 28.6 Å². The van der Waals surface area contributed by atoms with Crippen molar-refractivity contribution in [1.29, 1.82) is 0 Å². The Morgan fingerprint density at radius 2 is 1.75 bits per heavy atom. The topological polar surface area (TPSA) is 88.6 Å². The molecule has 0 spiro atoms. The zero-order valence-corrected chi connectivity index (χ0v) is 16.6. The lowest BCUT2D eigenvalue weighted by Gasteiger charge is -2.09. The predicted molar refractivity (Wildman–Crippen MR) is 109 cm³/mol. The molecule has 0 unspecified atom stereocenters. The van der Waals surface area contributed by atoms with Crippen molar-refractivity contribution >= 4 is 40.9 Å². The summed E-state index contributed by atoms with van der Waals surface area (Å²) in [6, 6.07) is 9.66. The van der Waals surface area contributed by atoms with E-state index in [0.717, 1.165) is 11.3 Å². The molecular formula is C20H16ClNO5S. The van der Waals surface area contributed by atoms with E-state index < -0.39 is 0 Å². The van der Waals surface area contributed by atoms with Crippen LogP contribution in [0.4, 0.5) is 0 Å². The van der Waals surface area contributed by atoms with Crippen LogP contribution >= 0.6 is 22.9 Å². The first kappa shape index (κ1) is 19.7. The number of aromatic nitrogens is 1. The van der Waals surface area contributed by atoms with Crippen LogP contribution in [0.25, 0.3) is 12.2 Å². The molecule has 1 heterocycles. The van der Waals surface area contributed by atoms with Crippen molar-refractivity contribution < 1.29 is 19.4 Å². The van der Waals surface area contributed by atoms with E-state index in [9.17, 15) is 14.7 Å². The molecule has 0 bridgehead atoms. The largest absolute Gasteiger partial charge is 0.502 e. The molecule has 6 nitrogen and oxygen atoms in total. The first-order valence-electron chi connectivity index (χ1n) is 8.08. The number of aromatic hydroxyl groups is 1. The van der Waals surface area contributed by atoms with Gasteiger partial charge in [0.1, 0.15) is 0 Å². The Morgan fingerprint density at radius 3 is 2.32 bits per heavy atom. The van der Waals surface area contributed by atoms with Gasteiger partial charge in [-0.05, 0) is 48.0 Å². The molecule has 0 aliphatic rings. The average Bonchev–Trinajstić information content (AvgIpc) is 3.02. The maximum Gasteiger partial charge on any atom is 0.266 e. The molecule has 144 valence electrons. The Labute approximate surface area is 168 Å². The lowest BCUT2D eigenvalue weighted by molar-refractivity contribution is 0.106. The normalized spacial score (nSPS) is 12.2. The van der Waals surface area contributed by atoms with E-state index in [0.29, 0.717) is 25.3 Å². The zero-order valence-electron chi connectivity index (χ0n) is 15.0. The molecule has 1 aromatic heterocycles. The number of rotatable bonds is 5. The summed E-state index contributed by atoms with van der Waals surface area (Å²) in [5.74, 6) is 0.0880. The Balaban J connectivity index is 2.02. The van der Waals surface area contributed by atoms with Crippen molar-refractivity contribution in [3.05, 3.63) is 72.1 Å². The summed E-state index contributed by atoms with van der Waals surface area (Å²) in [4.78, 5) is 27.2. The molecule has 0 saturated carbocycles. The average molecular weight is 418 g/mol. The van der Waals surface area contributed by atoms with Gasteiger partial charge in [0.15, 0.2) is 17.3 Å². The SMILES string of the molecule is COc1cc(/C=c2\s/c(=C\C(=O)c3ccc(Cl)cc3)[nH]c2=O)cc(OC)c1O. The molecule has 0 amide bonds. The molecule has 0 atom stereocenters. The highest BCUT2D eigenvalue weighted by molar-refractivity contribution is 7.07. The van der Waals surface area contributed by atoms with E-state index in [1.54, 1.807) is 42.5 Å². The number of methoxy groups -OCH3 is 2. The molecule has 2 aromatic carbocycles. The number of ether oxygens (including phenoxy) is 2. The second-order valence-electron chi connectivity index (χ2n) is 5.72. The Bertz CT molecular complexity index is 1170. The van der Waals surface area contributed by atoms with Crippen LogP contribution < -0.4 is 24.2 Å². The van der Waals surface area contributed by atoms with Crippen LogP contribution in [0.5, 0.6) is 17.2 Å². The Kier molecular flexibility index (Phi) is 5.87. The molecule has 28 heavy (non-hydrogen) atoms. The number of carbonyl (C=O) groups is 1. The quantitative estimate of drug-likeness (QED) is 0.622. The number of phenolic OH excluding ortho intramolecular Hbond substituents is 1. The van der Waals surface area contributed by atoms with Gasteiger partial charge in [0.25, 0.3) is 5.56 Å². The van der Waals surface area contributed by atoms with Crippen LogP contribution in [0.15, 0.2) is 41.2 Å². The highest BCUT2D eigenvalue weighted by atomic mass is 35.5. The molecule has 8 heteroatoms. The van der Waals surface area contributed by atoms with Gasteiger partial charge in [-0.1, -0.05) is 11.6 Å². The maximum atomic E-state index is 12.3. The second kappa shape index (κ2) is 8.33. The summed E-state index contributed by atoms with van der Waals surface area (Å²) in [5.41, 5.74) is 0.748. The van der Waals surface area contributed by atoms with Gasteiger partial charge in [0.05, 0.1) is 23.4 Å². The summed E-state index contributed by atoms with van der Waals surface area (Å²) < 4.78 is 11.1. The van der Waals surface area contributed by atoms with E-state index in [4.69, 9.17) is 21.1 Å².